The van der Waals surface area contributed by atoms with Crippen LogP contribution in [0.2, 0.25) is 0 Å². The summed E-state index contributed by atoms with van der Waals surface area (Å²) in [7, 11) is 1.25. The maximum Gasteiger partial charge on any atom is 0.324 e. The first-order valence-corrected chi connectivity index (χ1v) is 6.65. The fourth-order valence-electron chi connectivity index (χ4n) is 1.63. The zero-order chi connectivity index (χ0) is 11.1. The van der Waals surface area contributed by atoms with E-state index in [0.717, 1.165) is 4.31 Å². The SMILES string of the molecule is CC(C)(C)CC1CC(=O)N1S(=O)(=O)Cl. The van der Waals surface area contributed by atoms with Gasteiger partial charge in [0.25, 0.3) is 0 Å². The molecule has 1 aliphatic rings. The van der Waals surface area contributed by atoms with Crippen LogP contribution in [0.4, 0.5) is 0 Å². The lowest BCUT2D eigenvalue weighted by atomic mass is 9.84. The van der Waals surface area contributed by atoms with Crippen LogP contribution in [-0.2, 0) is 14.0 Å². The lowest BCUT2D eigenvalue weighted by Crippen LogP contribution is -2.54. The predicted octanol–water partition coefficient (Wildman–Crippen LogP) is 1.51. The number of carbonyl (C=O) groups excluding carboxylic acids is 1. The highest BCUT2D eigenvalue weighted by atomic mass is 35.7. The van der Waals surface area contributed by atoms with Crippen LogP contribution in [0.1, 0.15) is 33.6 Å². The van der Waals surface area contributed by atoms with E-state index in [4.69, 9.17) is 10.7 Å². The first-order chi connectivity index (χ1) is 6.11. The van der Waals surface area contributed by atoms with E-state index in [-0.39, 0.29) is 17.9 Å². The molecule has 1 heterocycles. The lowest BCUT2D eigenvalue weighted by Gasteiger charge is -2.40. The molecule has 1 unspecified atom stereocenters. The molecule has 82 valence electrons. The number of carbonyl (C=O) groups is 1. The van der Waals surface area contributed by atoms with E-state index in [1.54, 1.807) is 0 Å². The summed E-state index contributed by atoms with van der Waals surface area (Å²) in [6.45, 7) is 5.98. The van der Waals surface area contributed by atoms with Gasteiger partial charge in [0.15, 0.2) is 0 Å². The second-order valence-electron chi connectivity index (χ2n) is 4.75. The van der Waals surface area contributed by atoms with Gasteiger partial charge in [0.2, 0.25) is 5.91 Å². The highest BCUT2D eigenvalue weighted by molar-refractivity contribution is 8.12. The standard InChI is InChI=1S/C8H14ClNO3S/c1-8(2,3)5-6-4-7(11)10(6)14(9,12)13/h6H,4-5H2,1-3H3. The first kappa shape index (κ1) is 11.8. The smallest absolute Gasteiger partial charge is 0.274 e. The van der Waals surface area contributed by atoms with Gasteiger partial charge in [0.1, 0.15) is 0 Å². The first-order valence-electron chi connectivity index (χ1n) is 4.38. The van der Waals surface area contributed by atoms with Crippen LogP contribution in [-0.4, -0.2) is 24.7 Å². The van der Waals surface area contributed by atoms with Crippen LogP contribution in [0.25, 0.3) is 0 Å². The van der Waals surface area contributed by atoms with Crippen LogP contribution in [0.15, 0.2) is 0 Å². The number of nitrogens with zero attached hydrogens (tertiary/aromatic N) is 1. The van der Waals surface area contributed by atoms with Crippen LogP contribution >= 0.6 is 10.7 Å². The Morgan fingerprint density at radius 3 is 2.29 bits per heavy atom. The summed E-state index contributed by atoms with van der Waals surface area (Å²) in [6, 6.07) is -0.259. The lowest BCUT2D eigenvalue weighted by molar-refractivity contribution is -0.138. The van der Waals surface area contributed by atoms with Crippen molar-refractivity contribution in [2.24, 2.45) is 5.41 Å². The molecule has 0 radical (unpaired) electrons. The quantitative estimate of drug-likeness (QED) is 0.542. The maximum atomic E-state index is 11.0. The number of rotatable bonds is 2. The molecule has 0 bridgehead atoms. The molecule has 1 amide bonds. The van der Waals surface area contributed by atoms with Crippen molar-refractivity contribution in [3.05, 3.63) is 0 Å². The Bertz CT molecular complexity index is 344. The average Bonchev–Trinajstić information content (AvgIpc) is 1.77. The third-order valence-electron chi connectivity index (χ3n) is 2.07. The summed E-state index contributed by atoms with van der Waals surface area (Å²) in [5.74, 6) is -0.408. The fourth-order valence-corrected chi connectivity index (χ4v) is 3.02. The van der Waals surface area contributed by atoms with Crippen molar-refractivity contribution < 1.29 is 13.2 Å². The Balaban J connectivity index is 2.73. The van der Waals surface area contributed by atoms with Gasteiger partial charge >= 0.3 is 9.24 Å². The van der Waals surface area contributed by atoms with Crippen molar-refractivity contribution in [1.82, 2.24) is 4.31 Å². The van der Waals surface area contributed by atoms with E-state index in [9.17, 15) is 13.2 Å². The number of amides is 1. The van der Waals surface area contributed by atoms with E-state index in [2.05, 4.69) is 0 Å². The van der Waals surface area contributed by atoms with Crippen LogP contribution < -0.4 is 0 Å². The minimum absolute atomic E-state index is 0.00873. The van der Waals surface area contributed by atoms with E-state index in [0.29, 0.717) is 6.42 Å². The van der Waals surface area contributed by atoms with Crippen LogP contribution in [0.3, 0.4) is 0 Å². The van der Waals surface area contributed by atoms with Gasteiger partial charge in [-0.3, -0.25) is 4.79 Å². The fraction of sp³-hybridized carbons (Fsp3) is 0.875. The largest absolute Gasteiger partial charge is 0.324 e. The van der Waals surface area contributed by atoms with Gasteiger partial charge in [-0.05, 0) is 11.8 Å². The Labute approximate surface area is 88.8 Å². The number of hydrogen-bond donors (Lipinski definition) is 0. The molecule has 1 rings (SSSR count). The molecule has 0 N–H and O–H groups in total. The molecule has 6 heteroatoms. The summed E-state index contributed by atoms with van der Waals surface area (Å²) in [4.78, 5) is 11.0. The third-order valence-corrected chi connectivity index (χ3v) is 3.49. The number of halogens is 1. The maximum absolute atomic E-state index is 11.0. The highest BCUT2D eigenvalue weighted by Gasteiger charge is 2.44. The summed E-state index contributed by atoms with van der Waals surface area (Å²) < 4.78 is 22.8. The normalized spacial score (nSPS) is 23.6. The molecule has 1 aliphatic heterocycles. The third kappa shape index (κ3) is 2.60. The molecular formula is C8H14ClNO3S. The topological polar surface area (TPSA) is 54.5 Å². The van der Waals surface area contributed by atoms with Gasteiger partial charge in [-0.1, -0.05) is 20.8 Å². The Morgan fingerprint density at radius 2 is 2.00 bits per heavy atom. The van der Waals surface area contributed by atoms with Crippen molar-refractivity contribution in [2.75, 3.05) is 0 Å². The summed E-state index contributed by atoms with van der Waals surface area (Å²) in [6.07, 6.45) is 0.925. The minimum Gasteiger partial charge on any atom is -0.274 e. The van der Waals surface area contributed by atoms with E-state index in [1.165, 1.54) is 0 Å². The highest BCUT2D eigenvalue weighted by Crippen LogP contribution is 2.34. The molecule has 1 saturated heterocycles. The monoisotopic (exact) mass is 239 g/mol. The Hall–Kier alpha value is -0.290. The minimum atomic E-state index is -3.88. The molecule has 4 nitrogen and oxygen atoms in total. The van der Waals surface area contributed by atoms with Gasteiger partial charge in [-0.15, -0.1) is 0 Å². The molecule has 0 aliphatic carbocycles. The van der Waals surface area contributed by atoms with Gasteiger partial charge in [0, 0.05) is 17.1 Å². The van der Waals surface area contributed by atoms with Crippen molar-refractivity contribution in [1.29, 1.82) is 0 Å². The molecule has 0 aromatic heterocycles. The Morgan fingerprint density at radius 1 is 1.50 bits per heavy atom. The second-order valence-corrected chi connectivity index (χ2v) is 7.14. The number of hydrogen-bond acceptors (Lipinski definition) is 3. The molecular weight excluding hydrogens is 226 g/mol. The zero-order valence-corrected chi connectivity index (χ0v) is 10.0. The van der Waals surface area contributed by atoms with Gasteiger partial charge in [-0.2, -0.15) is 8.42 Å². The molecule has 0 aromatic carbocycles. The van der Waals surface area contributed by atoms with Gasteiger partial charge in [-0.25, -0.2) is 4.31 Å². The Kier molecular flexibility index (Phi) is 2.84. The van der Waals surface area contributed by atoms with Gasteiger partial charge in [0.05, 0.1) is 6.04 Å². The van der Waals surface area contributed by atoms with Crippen molar-refractivity contribution >= 4 is 25.8 Å². The molecule has 0 spiro atoms. The average molecular weight is 240 g/mol. The summed E-state index contributed by atoms with van der Waals surface area (Å²) in [5.41, 5.74) is -0.00873. The summed E-state index contributed by atoms with van der Waals surface area (Å²) in [5, 5.41) is 0. The molecule has 1 atom stereocenters. The van der Waals surface area contributed by atoms with Crippen molar-refractivity contribution in [2.45, 2.75) is 39.7 Å². The van der Waals surface area contributed by atoms with Crippen LogP contribution in [0, 0.1) is 5.41 Å². The van der Waals surface area contributed by atoms with E-state index in [1.807, 2.05) is 20.8 Å². The molecule has 1 fully saturated rings. The van der Waals surface area contributed by atoms with Crippen LogP contribution in [0.5, 0.6) is 0 Å². The zero-order valence-electron chi connectivity index (χ0n) is 8.45. The molecule has 0 aromatic rings. The predicted molar refractivity (Wildman–Crippen MR) is 54.1 cm³/mol. The second kappa shape index (κ2) is 3.38. The van der Waals surface area contributed by atoms with E-state index < -0.39 is 15.1 Å². The van der Waals surface area contributed by atoms with Crippen molar-refractivity contribution in [3.63, 3.8) is 0 Å². The number of β-lactam (4-membered cyclic amide) rings is 1. The van der Waals surface area contributed by atoms with Crippen molar-refractivity contribution in [3.8, 4) is 0 Å². The summed E-state index contributed by atoms with van der Waals surface area (Å²) >= 11 is 0. The van der Waals surface area contributed by atoms with E-state index >= 15 is 0 Å². The molecule has 0 saturated carbocycles. The molecule has 14 heavy (non-hydrogen) atoms. The van der Waals surface area contributed by atoms with Gasteiger partial charge < -0.3 is 0 Å².